The van der Waals surface area contributed by atoms with E-state index < -0.39 is 0 Å². The lowest BCUT2D eigenvalue weighted by molar-refractivity contribution is 0.680. The van der Waals surface area contributed by atoms with E-state index in [9.17, 15) is 0 Å². The van der Waals surface area contributed by atoms with E-state index in [1.54, 1.807) is 0 Å². The Morgan fingerprint density at radius 3 is 2.20 bits per heavy atom. The molecule has 1 unspecified atom stereocenters. The lowest BCUT2D eigenvalue weighted by Crippen LogP contribution is -1.96. The third-order valence-corrected chi connectivity index (χ3v) is 1.90. The number of rotatable bonds is 4. The molecule has 0 aliphatic rings. The van der Waals surface area contributed by atoms with Crippen LogP contribution in [-0.4, -0.2) is 5.38 Å². The Labute approximate surface area is 69.3 Å². The number of allylic oxidation sites excluding steroid dienone is 1. The highest BCUT2D eigenvalue weighted by Crippen LogP contribution is 2.16. The molecule has 0 bridgehead atoms. The molecular formula is C9H17Cl. The van der Waals surface area contributed by atoms with Crippen LogP contribution in [0, 0.1) is 5.92 Å². The maximum atomic E-state index is 5.79. The van der Waals surface area contributed by atoms with Gasteiger partial charge in [-0.3, -0.25) is 0 Å². The summed E-state index contributed by atoms with van der Waals surface area (Å²) in [6.07, 6.45) is 2.13. The van der Waals surface area contributed by atoms with Crippen molar-refractivity contribution in [1.29, 1.82) is 0 Å². The van der Waals surface area contributed by atoms with Crippen LogP contribution >= 0.6 is 11.6 Å². The Bertz CT molecular complexity index is 103. The van der Waals surface area contributed by atoms with Crippen LogP contribution in [0.15, 0.2) is 12.2 Å². The van der Waals surface area contributed by atoms with Gasteiger partial charge in [0, 0.05) is 5.38 Å². The van der Waals surface area contributed by atoms with Crippen molar-refractivity contribution in [2.45, 2.75) is 39.0 Å². The molecule has 0 amide bonds. The average molecular weight is 161 g/mol. The molecule has 0 aliphatic heterocycles. The van der Waals surface area contributed by atoms with Crippen molar-refractivity contribution in [3.8, 4) is 0 Å². The summed E-state index contributed by atoms with van der Waals surface area (Å²) in [5, 5.41) is 0.287. The van der Waals surface area contributed by atoms with Crippen molar-refractivity contribution >= 4 is 11.6 Å². The van der Waals surface area contributed by atoms with Crippen LogP contribution in [0.3, 0.4) is 0 Å². The van der Waals surface area contributed by atoms with Gasteiger partial charge in [0.25, 0.3) is 0 Å². The van der Waals surface area contributed by atoms with Gasteiger partial charge >= 0.3 is 0 Å². The van der Waals surface area contributed by atoms with Crippen molar-refractivity contribution < 1.29 is 0 Å². The molecule has 0 aromatic heterocycles. The minimum atomic E-state index is 0.287. The fourth-order valence-electron chi connectivity index (χ4n) is 0.673. The van der Waals surface area contributed by atoms with Gasteiger partial charge < -0.3 is 0 Å². The van der Waals surface area contributed by atoms with Crippen LogP contribution in [0.25, 0.3) is 0 Å². The van der Waals surface area contributed by atoms with Crippen LogP contribution in [0.2, 0.25) is 0 Å². The van der Waals surface area contributed by atoms with Gasteiger partial charge in [-0.05, 0) is 25.7 Å². The zero-order valence-electron chi connectivity index (χ0n) is 7.15. The first-order valence-corrected chi connectivity index (χ1v) is 4.29. The van der Waals surface area contributed by atoms with Crippen molar-refractivity contribution in [2.24, 2.45) is 5.92 Å². The first-order chi connectivity index (χ1) is 4.54. The summed E-state index contributed by atoms with van der Waals surface area (Å²) in [5.41, 5.74) is 1.31. The fourth-order valence-corrected chi connectivity index (χ4v) is 0.782. The molecule has 0 saturated carbocycles. The zero-order chi connectivity index (χ0) is 8.15. The van der Waals surface area contributed by atoms with Gasteiger partial charge in [0.1, 0.15) is 0 Å². The van der Waals surface area contributed by atoms with Gasteiger partial charge in [-0.15, -0.1) is 11.6 Å². The Morgan fingerprint density at radius 2 is 1.90 bits per heavy atom. The Hall–Kier alpha value is 0.0300. The summed E-state index contributed by atoms with van der Waals surface area (Å²) < 4.78 is 0. The number of hydrogen-bond donors (Lipinski definition) is 0. The minimum Gasteiger partial charge on any atom is -0.123 e. The minimum absolute atomic E-state index is 0.287. The number of halogens is 1. The van der Waals surface area contributed by atoms with Gasteiger partial charge in [-0.2, -0.15) is 0 Å². The standard InChI is InChI=1S/C9H17Cl/c1-7(2)8(3)5-6-9(4)10/h7,9H,3,5-6H2,1-2,4H3. The smallest absolute Gasteiger partial charge is 0.0310 e. The van der Waals surface area contributed by atoms with E-state index in [1.807, 2.05) is 6.92 Å². The third-order valence-electron chi connectivity index (χ3n) is 1.68. The Balaban J connectivity index is 3.40. The topological polar surface area (TPSA) is 0 Å². The van der Waals surface area contributed by atoms with Crippen LogP contribution in [0.5, 0.6) is 0 Å². The van der Waals surface area contributed by atoms with Gasteiger partial charge in [-0.25, -0.2) is 0 Å². The lowest BCUT2D eigenvalue weighted by atomic mass is 10.00. The third kappa shape index (κ3) is 4.87. The second-order valence-electron chi connectivity index (χ2n) is 3.13. The monoisotopic (exact) mass is 160 g/mol. The summed E-state index contributed by atoms with van der Waals surface area (Å²) in [5.74, 6) is 0.607. The van der Waals surface area contributed by atoms with Crippen LogP contribution in [-0.2, 0) is 0 Å². The molecule has 0 aromatic rings. The molecule has 0 aromatic carbocycles. The summed E-state index contributed by atoms with van der Waals surface area (Å²) in [6, 6.07) is 0. The normalized spacial score (nSPS) is 13.7. The molecular weight excluding hydrogens is 144 g/mol. The SMILES string of the molecule is C=C(CCC(C)Cl)C(C)C. The van der Waals surface area contributed by atoms with E-state index in [4.69, 9.17) is 11.6 Å². The summed E-state index contributed by atoms with van der Waals surface area (Å²) in [6.45, 7) is 10.3. The molecule has 0 fully saturated rings. The van der Waals surface area contributed by atoms with E-state index in [0.717, 1.165) is 12.8 Å². The highest BCUT2D eigenvalue weighted by Gasteiger charge is 2.01. The Morgan fingerprint density at radius 1 is 1.40 bits per heavy atom. The van der Waals surface area contributed by atoms with Gasteiger partial charge in [0.15, 0.2) is 0 Å². The fraction of sp³-hybridized carbons (Fsp3) is 0.778. The lowest BCUT2D eigenvalue weighted by Gasteiger charge is -2.09. The van der Waals surface area contributed by atoms with Crippen LogP contribution in [0.1, 0.15) is 33.6 Å². The molecule has 0 radical (unpaired) electrons. The van der Waals surface area contributed by atoms with E-state index in [2.05, 4.69) is 20.4 Å². The quantitative estimate of drug-likeness (QED) is 0.436. The van der Waals surface area contributed by atoms with E-state index in [0.29, 0.717) is 5.92 Å². The highest BCUT2D eigenvalue weighted by atomic mass is 35.5. The van der Waals surface area contributed by atoms with Crippen molar-refractivity contribution in [3.05, 3.63) is 12.2 Å². The number of hydrogen-bond acceptors (Lipinski definition) is 0. The first-order valence-electron chi connectivity index (χ1n) is 3.85. The molecule has 60 valence electrons. The number of alkyl halides is 1. The van der Waals surface area contributed by atoms with E-state index in [-0.39, 0.29) is 5.38 Å². The van der Waals surface area contributed by atoms with Crippen LogP contribution in [0.4, 0.5) is 0 Å². The molecule has 1 atom stereocenters. The maximum Gasteiger partial charge on any atom is 0.0310 e. The average Bonchev–Trinajstić information content (AvgIpc) is 1.82. The molecule has 0 aliphatic carbocycles. The molecule has 0 spiro atoms. The van der Waals surface area contributed by atoms with Crippen molar-refractivity contribution in [1.82, 2.24) is 0 Å². The van der Waals surface area contributed by atoms with E-state index >= 15 is 0 Å². The van der Waals surface area contributed by atoms with Crippen LogP contribution < -0.4 is 0 Å². The predicted octanol–water partition coefficient (Wildman–Crippen LogP) is 3.61. The molecule has 10 heavy (non-hydrogen) atoms. The predicted molar refractivity (Wildman–Crippen MR) is 48.5 cm³/mol. The summed E-state index contributed by atoms with van der Waals surface area (Å²) in [4.78, 5) is 0. The molecule has 0 nitrogen and oxygen atoms in total. The second kappa shape index (κ2) is 4.79. The highest BCUT2D eigenvalue weighted by molar-refractivity contribution is 6.20. The molecule has 0 heterocycles. The van der Waals surface area contributed by atoms with Crippen molar-refractivity contribution in [3.63, 3.8) is 0 Å². The summed E-state index contributed by atoms with van der Waals surface area (Å²) in [7, 11) is 0. The van der Waals surface area contributed by atoms with E-state index in [1.165, 1.54) is 5.57 Å². The zero-order valence-corrected chi connectivity index (χ0v) is 7.91. The Kier molecular flexibility index (Phi) is 4.80. The first kappa shape index (κ1) is 10.0. The van der Waals surface area contributed by atoms with Gasteiger partial charge in [0.05, 0.1) is 0 Å². The van der Waals surface area contributed by atoms with Gasteiger partial charge in [-0.1, -0.05) is 26.0 Å². The molecule has 0 saturated heterocycles. The molecule has 0 rings (SSSR count). The second-order valence-corrected chi connectivity index (χ2v) is 3.88. The molecule has 1 heteroatoms. The molecule has 0 N–H and O–H groups in total. The largest absolute Gasteiger partial charge is 0.123 e. The van der Waals surface area contributed by atoms with Gasteiger partial charge in [0.2, 0.25) is 0 Å². The summed E-state index contributed by atoms with van der Waals surface area (Å²) >= 11 is 5.79. The maximum absolute atomic E-state index is 5.79. The van der Waals surface area contributed by atoms with Crippen molar-refractivity contribution in [2.75, 3.05) is 0 Å².